The fourth-order valence-corrected chi connectivity index (χ4v) is 1.25. The predicted octanol–water partition coefficient (Wildman–Crippen LogP) is 1.26. The fraction of sp³-hybridized carbons (Fsp3) is 0.667. The third-order valence-electron chi connectivity index (χ3n) is 2.31. The summed E-state index contributed by atoms with van der Waals surface area (Å²) in [6.45, 7) is 4.41. The van der Waals surface area contributed by atoms with Gasteiger partial charge in [0.25, 0.3) is 0 Å². The van der Waals surface area contributed by atoms with Crippen molar-refractivity contribution in [2.75, 3.05) is 13.2 Å². The Morgan fingerprint density at radius 2 is 2.11 bits per heavy atom. The van der Waals surface area contributed by atoms with Gasteiger partial charge in [0.05, 0.1) is 6.61 Å². The molecule has 104 valence electrons. The van der Waals surface area contributed by atoms with Crippen LogP contribution in [0, 0.1) is 0 Å². The van der Waals surface area contributed by atoms with Crippen molar-refractivity contribution in [2.45, 2.75) is 38.1 Å². The highest BCUT2D eigenvalue weighted by Crippen LogP contribution is 1.98. The Bertz CT molecular complexity index is 269. The van der Waals surface area contributed by atoms with E-state index < -0.39 is 18.1 Å². The first-order valence-electron chi connectivity index (χ1n) is 6.07. The molecule has 0 aliphatic rings. The highest BCUT2D eigenvalue weighted by Gasteiger charge is 2.10. The molecule has 0 heterocycles. The zero-order chi connectivity index (χ0) is 13.8. The van der Waals surface area contributed by atoms with Gasteiger partial charge in [-0.2, -0.15) is 0 Å². The maximum Gasteiger partial charge on any atom is 0.407 e. The van der Waals surface area contributed by atoms with Gasteiger partial charge in [-0.05, 0) is 32.1 Å². The Kier molecular flexibility index (Phi) is 9.67. The summed E-state index contributed by atoms with van der Waals surface area (Å²) in [6.07, 6.45) is 4.66. The number of alkyl carbamates (subject to hydrolysis) is 1. The summed E-state index contributed by atoms with van der Waals surface area (Å²) in [5, 5.41) is 11.1. The van der Waals surface area contributed by atoms with E-state index in [0.29, 0.717) is 32.4 Å². The molecule has 0 aromatic heterocycles. The van der Waals surface area contributed by atoms with Crippen LogP contribution in [0.2, 0.25) is 0 Å². The maximum absolute atomic E-state index is 11.1. The SMILES string of the molecule is C=CCCCOC(=O)NCCCCC(N)C(=O)O. The van der Waals surface area contributed by atoms with Gasteiger partial charge in [0.15, 0.2) is 0 Å². The summed E-state index contributed by atoms with van der Waals surface area (Å²) < 4.78 is 4.89. The number of carbonyl (C=O) groups is 2. The molecule has 6 nitrogen and oxygen atoms in total. The molecule has 0 radical (unpaired) electrons. The number of hydrogen-bond donors (Lipinski definition) is 3. The number of carboxylic acids is 1. The second-order valence-corrected chi connectivity index (χ2v) is 3.93. The van der Waals surface area contributed by atoms with E-state index in [2.05, 4.69) is 11.9 Å². The average molecular weight is 258 g/mol. The molecule has 1 amide bonds. The summed E-state index contributed by atoms with van der Waals surface area (Å²) in [4.78, 5) is 21.6. The molecule has 0 saturated heterocycles. The smallest absolute Gasteiger partial charge is 0.407 e. The number of allylic oxidation sites excluding steroid dienone is 1. The Labute approximate surface area is 107 Å². The van der Waals surface area contributed by atoms with Crippen LogP contribution in [0.4, 0.5) is 4.79 Å². The molecule has 0 saturated carbocycles. The van der Waals surface area contributed by atoms with E-state index in [1.807, 2.05) is 0 Å². The molecule has 0 aromatic carbocycles. The van der Waals surface area contributed by atoms with E-state index in [0.717, 1.165) is 12.8 Å². The Morgan fingerprint density at radius 1 is 1.39 bits per heavy atom. The number of nitrogens with two attached hydrogens (primary N) is 1. The highest BCUT2D eigenvalue weighted by atomic mass is 16.5. The van der Waals surface area contributed by atoms with E-state index in [-0.39, 0.29) is 0 Å². The Morgan fingerprint density at radius 3 is 2.72 bits per heavy atom. The Balaban J connectivity index is 3.35. The van der Waals surface area contributed by atoms with Gasteiger partial charge in [-0.1, -0.05) is 6.08 Å². The van der Waals surface area contributed by atoms with Crippen molar-refractivity contribution in [3.63, 3.8) is 0 Å². The lowest BCUT2D eigenvalue weighted by atomic mass is 10.1. The molecule has 6 heteroatoms. The van der Waals surface area contributed by atoms with Crippen molar-refractivity contribution in [1.29, 1.82) is 0 Å². The van der Waals surface area contributed by atoms with Gasteiger partial charge < -0.3 is 20.9 Å². The number of carbonyl (C=O) groups excluding carboxylic acids is 1. The van der Waals surface area contributed by atoms with Gasteiger partial charge in [0.2, 0.25) is 0 Å². The molecule has 1 unspecified atom stereocenters. The second-order valence-electron chi connectivity index (χ2n) is 3.93. The molecular weight excluding hydrogens is 236 g/mol. The quantitative estimate of drug-likeness (QED) is 0.404. The summed E-state index contributed by atoms with van der Waals surface area (Å²) in [7, 11) is 0. The molecule has 0 aromatic rings. The van der Waals surface area contributed by atoms with Crippen molar-refractivity contribution < 1.29 is 19.4 Å². The largest absolute Gasteiger partial charge is 0.480 e. The maximum atomic E-state index is 11.1. The van der Waals surface area contributed by atoms with Crippen molar-refractivity contribution in [3.05, 3.63) is 12.7 Å². The zero-order valence-corrected chi connectivity index (χ0v) is 10.6. The van der Waals surface area contributed by atoms with Gasteiger partial charge in [-0.3, -0.25) is 4.79 Å². The minimum Gasteiger partial charge on any atom is -0.480 e. The third kappa shape index (κ3) is 9.65. The van der Waals surface area contributed by atoms with Crippen molar-refractivity contribution in [2.24, 2.45) is 5.73 Å². The summed E-state index contributed by atoms with van der Waals surface area (Å²) in [5.74, 6) is -0.996. The van der Waals surface area contributed by atoms with Crippen LogP contribution in [-0.2, 0) is 9.53 Å². The van der Waals surface area contributed by atoms with E-state index in [9.17, 15) is 9.59 Å². The van der Waals surface area contributed by atoms with Crippen molar-refractivity contribution >= 4 is 12.1 Å². The van der Waals surface area contributed by atoms with E-state index in [1.165, 1.54) is 0 Å². The summed E-state index contributed by atoms with van der Waals surface area (Å²) in [6, 6.07) is -0.823. The summed E-state index contributed by atoms with van der Waals surface area (Å²) in [5.41, 5.74) is 5.33. The zero-order valence-electron chi connectivity index (χ0n) is 10.6. The lowest BCUT2D eigenvalue weighted by Crippen LogP contribution is -2.30. The number of aliphatic carboxylic acids is 1. The first-order valence-corrected chi connectivity index (χ1v) is 6.07. The number of ether oxygens (including phenoxy) is 1. The van der Waals surface area contributed by atoms with Crippen LogP contribution < -0.4 is 11.1 Å². The minimum absolute atomic E-state index is 0.377. The van der Waals surface area contributed by atoms with Crippen LogP contribution in [0.1, 0.15) is 32.1 Å². The Hall–Kier alpha value is -1.56. The molecule has 1 atom stereocenters. The highest BCUT2D eigenvalue weighted by molar-refractivity contribution is 5.72. The normalized spacial score (nSPS) is 11.6. The lowest BCUT2D eigenvalue weighted by molar-refractivity contribution is -0.138. The molecule has 0 fully saturated rings. The second kappa shape index (κ2) is 10.6. The average Bonchev–Trinajstić information content (AvgIpc) is 2.33. The summed E-state index contributed by atoms with van der Waals surface area (Å²) >= 11 is 0. The van der Waals surface area contributed by atoms with E-state index >= 15 is 0 Å². The fourth-order valence-electron chi connectivity index (χ4n) is 1.25. The standard InChI is InChI=1S/C12H22N2O4/c1-2-3-6-9-18-12(17)14-8-5-4-7-10(13)11(15)16/h2,10H,1,3-9,13H2,(H,14,17)(H,15,16). The van der Waals surface area contributed by atoms with Gasteiger partial charge in [0, 0.05) is 6.54 Å². The van der Waals surface area contributed by atoms with Gasteiger partial charge in [0.1, 0.15) is 6.04 Å². The van der Waals surface area contributed by atoms with Crippen LogP contribution in [0.25, 0.3) is 0 Å². The minimum atomic E-state index is -0.996. The number of rotatable bonds is 10. The lowest BCUT2D eigenvalue weighted by Gasteiger charge is -2.07. The molecule has 18 heavy (non-hydrogen) atoms. The number of hydrogen-bond acceptors (Lipinski definition) is 4. The van der Waals surface area contributed by atoms with Crippen LogP contribution >= 0.6 is 0 Å². The third-order valence-corrected chi connectivity index (χ3v) is 2.31. The van der Waals surface area contributed by atoms with Crippen LogP contribution in [-0.4, -0.2) is 36.4 Å². The molecule has 0 aliphatic carbocycles. The first-order chi connectivity index (χ1) is 8.57. The van der Waals surface area contributed by atoms with Crippen molar-refractivity contribution in [1.82, 2.24) is 5.32 Å². The molecule has 4 N–H and O–H groups in total. The van der Waals surface area contributed by atoms with E-state index in [1.54, 1.807) is 6.08 Å². The molecular formula is C12H22N2O4. The topological polar surface area (TPSA) is 102 Å². The number of nitrogens with one attached hydrogen (secondary N) is 1. The van der Waals surface area contributed by atoms with Crippen LogP contribution in [0.3, 0.4) is 0 Å². The van der Waals surface area contributed by atoms with Crippen LogP contribution in [0.5, 0.6) is 0 Å². The van der Waals surface area contributed by atoms with Gasteiger partial charge in [-0.15, -0.1) is 6.58 Å². The van der Waals surface area contributed by atoms with E-state index in [4.69, 9.17) is 15.6 Å². The number of carboxylic acid groups (broad SMARTS) is 1. The van der Waals surface area contributed by atoms with Crippen LogP contribution in [0.15, 0.2) is 12.7 Å². The predicted molar refractivity (Wildman–Crippen MR) is 68.2 cm³/mol. The molecule has 0 aliphatic heterocycles. The molecule has 0 rings (SSSR count). The van der Waals surface area contributed by atoms with Gasteiger partial charge >= 0.3 is 12.1 Å². The molecule has 0 bridgehead atoms. The van der Waals surface area contributed by atoms with Crippen molar-refractivity contribution in [3.8, 4) is 0 Å². The monoisotopic (exact) mass is 258 g/mol. The number of unbranched alkanes of at least 4 members (excludes halogenated alkanes) is 2. The van der Waals surface area contributed by atoms with Gasteiger partial charge in [-0.25, -0.2) is 4.79 Å². The molecule has 0 spiro atoms. The number of amides is 1. The first kappa shape index (κ1) is 16.4.